The molecule has 0 unspecified atom stereocenters. The van der Waals surface area contributed by atoms with Crippen LogP contribution in [0.5, 0.6) is 5.75 Å². The smallest absolute Gasteiger partial charge is 0.259 e. The van der Waals surface area contributed by atoms with E-state index in [-0.39, 0.29) is 17.4 Å². The van der Waals surface area contributed by atoms with Crippen molar-refractivity contribution >= 4 is 11.6 Å². The Morgan fingerprint density at radius 2 is 1.88 bits per heavy atom. The lowest BCUT2D eigenvalue weighted by atomic mass is 9.96. The second kappa shape index (κ2) is 7.82. The average molecular weight is 376 g/mol. The Labute approximate surface area is 159 Å². The highest BCUT2D eigenvalue weighted by Crippen LogP contribution is 2.34. The zero-order chi connectivity index (χ0) is 18.8. The summed E-state index contributed by atoms with van der Waals surface area (Å²) >= 11 is 6.23. The fourth-order valence-electron chi connectivity index (χ4n) is 3.74. The summed E-state index contributed by atoms with van der Waals surface area (Å²) in [6.45, 7) is 7.86. The van der Waals surface area contributed by atoms with Gasteiger partial charge in [-0.15, -0.1) is 0 Å². The van der Waals surface area contributed by atoms with Gasteiger partial charge in [-0.3, -0.25) is 9.69 Å². The van der Waals surface area contributed by atoms with Crippen LogP contribution in [0.2, 0.25) is 5.02 Å². The van der Waals surface area contributed by atoms with Crippen molar-refractivity contribution in [3.63, 3.8) is 0 Å². The van der Waals surface area contributed by atoms with Crippen molar-refractivity contribution in [1.82, 2.24) is 14.4 Å². The molecule has 5 nitrogen and oxygen atoms in total. The minimum Gasteiger partial charge on any atom is -0.507 e. The van der Waals surface area contributed by atoms with Crippen molar-refractivity contribution in [1.29, 1.82) is 0 Å². The molecule has 1 atom stereocenters. The second-order valence-corrected chi connectivity index (χ2v) is 7.37. The molecular formula is C20H26ClN3O2. The van der Waals surface area contributed by atoms with Crippen LogP contribution in [-0.4, -0.2) is 52.7 Å². The number of rotatable bonds is 4. The molecule has 1 aromatic carbocycles. The molecule has 6 heteroatoms. The lowest BCUT2D eigenvalue weighted by Gasteiger charge is -2.38. The van der Waals surface area contributed by atoms with Crippen LogP contribution in [0.15, 0.2) is 35.1 Å². The van der Waals surface area contributed by atoms with Gasteiger partial charge >= 0.3 is 0 Å². The molecule has 0 spiro atoms. The number of hydrogen-bond acceptors (Lipinski definition) is 4. The Morgan fingerprint density at radius 3 is 2.50 bits per heavy atom. The first-order chi connectivity index (χ1) is 12.4. The van der Waals surface area contributed by atoms with Crippen LogP contribution < -0.4 is 5.56 Å². The number of aromatic hydroxyl groups is 1. The molecule has 2 heterocycles. The third kappa shape index (κ3) is 3.65. The lowest BCUT2D eigenvalue weighted by Crippen LogP contribution is -2.47. The van der Waals surface area contributed by atoms with E-state index < -0.39 is 0 Å². The third-order valence-corrected chi connectivity index (χ3v) is 5.42. The minimum atomic E-state index is -0.312. The summed E-state index contributed by atoms with van der Waals surface area (Å²) in [5, 5.41) is 11.3. The molecule has 1 saturated heterocycles. The van der Waals surface area contributed by atoms with Gasteiger partial charge in [-0.05, 0) is 44.7 Å². The molecule has 1 N–H and O–H groups in total. The van der Waals surface area contributed by atoms with E-state index in [2.05, 4.69) is 16.8 Å². The SMILES string of the molecule is CCn1c(C)cc(O)c([C@H](c2cccc(Cl)c2)N2CCN(C)CC2)c1=O. The summed E-state index contributed by atoms with van der Waals surface area (Å²) in [6.07, 6.45) is 0. The van der Waals surface area contributed by atoms with Crippen LogP contribution >= 0.6 is 11.6 Å². The number of hydrogen-bond donors (Lipinski definition) is 1. The molecule has 0 amide bonds. The average Bonchev–Trinajstić information content (AvgIpc) is 2.60. The molecule has 26 heavy (non-hydrogen) atoms. The van der Waals surface area contributed by atoms with Gasteiger partial charge in [0.15, 0.2) is 0 Å². The van der Waals surface area contributed by atoms with E-state index in [1.54, 1.807) is 10.6 Å². The topological polar surface area (TPSA) is 48.7 Å². The van der Waals surface area contributed by atoms with Gasteiger partial charge in [0.1, 0.15) is 5.75 Å². The van der Waals surface area contributed by atoms with Crippen LogP contribution in [0.1, 0.15) is 29.8 Å². The number of pyridine rings is 1. The molecule has 1 fully saturated rings. The molecular weight excluding hydrogens is 350 g/mol. The predicted molar refractivity (Wildman–Crippen MR) is 105 cm³/mol. The van der Waals surface area contributed by atoms with Crippen LogP contribution in [0.4, 0.5) is 0 Å². The predicted octanol–water partition coefficient (Wildman–Crippen LogP) is 2.87. The number of halogens is 1. The molecule has 3 rings (SSSR count). The maximum Gasteiger partial charge on any atom is 0.259 e. The van der Waals surface area contributed by atoms with Crippen molar-refractivity contribution in [2.45, 2.75) is 26.4 Å². The highest BCUT2D eigenvalue weighted by molar-refractivity contribution is 6.30. The van der Waals surface area contributed by atoms with Crippen molar-refractivity contribution in [3.05, 3.63) is 62.5 Å². The molecule has 140 valence electrons. The van der Waals surface area contributed by atoms with E-state index in [0.29, 0.717) is 17.1 Å². The Bertz CT molecular complexity index is 841. The van der Waals surface area contributed by atoms with E-state index >= 15 is 0 Å². The highest BCUT2D eigenvalue weighted by Gasteiger charge is 2.30. The first-order valence-electron chi connectivity index (χ1n) is 9.03. The second-order valence-electron chi connectivity index (χ2n) is 6.93. The summed E-state index contributed by atoms with van der Waals surface area (Å²) in [6, 6.07) is 8.96. The molecule has 2 aromatic rings. The molecule has 0 saturated carbocycles. The van der Waals surface area contributed by atoms with Crippen LogP contribution in [0, 0.1) is 6.92 Å². The Morgan fingerprint density at radius 1 is 1.19 bits per heavy atom. The van der Waals surface area contributed by atoms with Gasteiger partial charge in [-0.25, -0.2) is 0 Å². The van der Waals surface area contributed by atoms with E-state index in [1.807, 2.05) is 38.1 Å². The summed E-state index contributed by atoms with van der Waals surface area (Å²) in [4.78, 5) is 17.7. The van der Waals surface area contributed by atoms with E-state index in [0.717, 1.165) is 37.4 Å². The maximum atomic E-state index is 13.2. The lowest BCUT2D eigenvalue weighted by molar-refractivity contribution is 0.125. The van der Waals surface area contributed by atoms with Crippen LogP contribution in [0.25, 0.3) is 0 Å². The van der Waals surface area contributed by atoms with Gasteiger partial charge in [0, 0.05) is 43.4 Å². The quantitative estimate of drug-likeness (QED) is 0.892. The Kier molecular flexibility index (Phi) is 5.70. The van der Waals surface area contributed by atoms with E-state index in [9.17, 15) is 9.90 Å². The van der Waals surface area contributed by atoms with Gasteiger partial charge in [0.25, 0.3) is 5.56 Å². The number of likely N-dealkylation sites (N-methyl/N-ethyl adjacent to an activating group) is 1. The maximum absolute atomic E-state index is 13.2. The fraction of sp³-hybridized carbons (Fsp3) is 0.450. The zero-order valence-electron chi connectivity index (χ0n) is 15.6. The molecule has 1 aliphatic heterocycles. The molecule has 0 aliphatic carbocycles. The van der Waals surface area contributed by atoms with E-state index in [1.165, 1.54) is 0 Å². The van der Waals surface area contributed by atoms with Crippen molar-refractivity contribution < 1.29 is 5.11 Å². The highest BCUT2D eigenvalue weighted by atomic mass is 35.5. The van der Waals surface area contributed by atoms with Crippen LogP contribution in [-0.2, 0) is 6.54 Å². The first kappa shape index (κ1) is 19.0. The third-order valence-electron chi connectivity index (χ3n) is 5.18. The Balaban J connectivity index is 2.17. The van der Waals surface area contributed by atoms with Crippen molar-refractivity contribution in [2.75, 3.05) is 33.2 Å². The first-order valence-corrected chi connectivity index (χ1v) is 9.41. The number of benzene rings is 1. The molecule has 0 radical (unpaired) electrons. The largest absolute Gasteiger partial charge is 0.507 e. The van der Waals surface area contributed by atoms with Gasteiger partial charge < -0.3 is 14.6 Å². The standard InChI is InChI=1S/C20H26ClN3O2/c1-4-24-14(2)12-17(25)18(20(24)26)19(15-6-5-7-16(21)13-15)23-10-8-22(3)9-11-23/h5-7,12-13,19,25H,4,8-11H2,1-3H3/t19-/m0/s1. The van der Waals surface area contributed by atoms with Gasteiger partial charge in [0.05, 0.1) is 11.6 Å². The summed E-state index contributed by atoms with van der Waals surface area (Å²) in [7, 11) is 2.10. The normalized spacial score (nSPS) is 17.4. The van der Waals surface area contributed by atoms with Gasteiger partial charge in [-0.2, -0.15) is 0 Å². The van der Waals surface area contributed by atoms with Gasteiger partial charge in [0.2, 0.25) is 0 Å². The van der Waals surface area contributed by atoms with Crippen molar-refractivity contribution in [3.8, 4) is 5.75 Å². The number of piperazine rings is 1. The fourth-order valence-corrected chi connectivity index (χ4v) is 3.93. The van der Waals surface area contributed by atoms with Crippen LogP contribution in [0.3, 0.4) is 0 Å². The minimum absolute atomic E-state index is 0.0566. The number of aromatic nitrogens is 1. The Hall–Kier alpha value is -1.82. The molecule has 1 aliphatic rings. The van der Waals surface area contributed by atoms with E-state index in [4.69, 9.17) is 11.6 Å². The number of aryl methyl sites for hydroxylation is 1. The van der Waals surface area contributed by atoms with Gasteiger partial charge in [-0.1, -0.05) is 23.7 Å². The monoisotopic (exact) mass is 375 g/mol. The number of nitrogens with zero attached hydrogens (tertiary/aromatic N) is 3. The summed E-state index contributed by atoms with van der Waals surface area (Å²) < 4.78 is 1.71. The molecule has 0 bridgehead atoms. The summed E-state index contributed by atoms with van der Waals surface area (Å²) in [5.41, 5.74) is 2.00. The van der Waals surface area contributed by atoms with Crippen molar-refractivity contribution in [2.24, 2.45) is 0 Å². The summed E-state index contributed by atoms with van der Waals surface area (Å²) in [5.74, 6) is 0.0566. The zero-order valence-corrected chi connectivity index (χ0v) is 16.3. The molecule has 1 aromatic heterocycles.